The van der Waals surface area contributed by atoms with Crippen LogP contribution in [-0.2, 0) is 20.4 Å². The zero-order valence-corrected chi connectivity index (χ0v) is 27.2. The van der Waals surface area contributed by atoms with E-state index >= 15 is 0 Å². The molecule has 1 fully saturated rings. The van der Waals surface area contributed by atoms with Crippen molar-refractivity contribution in [2.45, 2.75) is 91.9 Å². The van der Waals surface area contributed by atoms with Crippen molar-refractivity contribution in [1.29, 1.82) is 0 Å². The molecule has 0 aromatic heterocycles. The first-order valence-electron chi connectivity index (χ1n) is 15.9. The Kier molecular flexibility index (Phi) is 5.63. The average molecular weight is 601 g/mol. The molecule has 6 aliphatic rings. The van der Waals surface area contributed by atoms with Crippen LogP contribution in [0.1, 0.15) is 97.8 Å². The molecule has 0 bridgehead atoms. The number of ketones is 2. The van der Waals surface area contributed by atoms with Crippen molar-refractivity contribution in [2.75, 3.05) is 31.1 Å². The Labute approximate surface area is 259 Å². The van der Waals surface area contributed by atoms with Gasteiger partial charge in [-0.15, -0.1) is 0 Å². The van der Waals surface area contributed by atoms with Crippen LogP contribution in [0.4, 0.5) is 5.69 Å². The molecule has 0 amide bonds. The number of rotatable bonds is 1. The predicted molar refractivity (Wildman–Crippen MR) is 169 cm³/mol. The summed E-state index contributed by atoms with van der Waals surface area (Å²) in [7, 11) is 0. The van der Waals surface area contributed by atoms with Crippen molar-refractivity contribution in [1.82, 2.24) is 4.90 Å². The van der Waals surface area contributed by atoms with Gasteiger partial charge in [-0.2, -0.15) is 0 Å². The van der Waals surface area contributed by atoms with Gasteiger partial charge in [0.1, 0.15) is 23.0 Å². The van der Waals surface area contributed by atoms with Crippen molar-refractivity contribution < 1.29 is 30.0 Å². The van der Waals surface area contributed by atoms with Crippen molar-refractivity contribution in [2.24, 2.45) is 10.8 Å². The highest BCUT2D eigenvalue weighted by molar-refractivity contribution is 6.42. The average Bonchev–Trinajstić information content (AvgIpc) is 2.90. The molecule has 8 heteroatoms. The molecule has 44 heavy (non-hydrogen) atoms. The minimum atomic E-state index is -0.669. The van der Waals surface area contributed by atoms with E-state index in [1.54, 1.807) is 0 Å². The number of hydrogen-bond donors (Lipinski definition) is 4. The van der Waals surface area contributed by atoms with E-state index in [1.807, 2.05) is 55.4 Å². The smallest absolute Gasteiger partial charge is 0.202 e. The number of aromatic hydroxyl groups is 2. The second-order valence-electron chi connectivity index (χ2n) is 16.3. The predicted octanol–water partition coefficient (Wildman–Crippen LogP) is 6.23. The number of piperidine rings is 1. The topological polar surface area (TPSA) is 122 Å². The van der Waals surface area contributed by atoms with Crippen LogP contribution in [-0.4, -0.2) is 63.1 Å². The summed E-state index contributed by atoms with van der Waals surface area (Å²) in [6.07, 6.45) is 3.07. The second-order valence-corrected chi connectivity index (χ2v) is 16.3. The van der Waals surface area contributed by atoms with Gasteiger partial charge in [-0.05, 0) is 47.3 Å². The van der Waals surface area contributed by atoms with E-state index in [0.717, 1.165) is 63.2 Å². The van der Waals surface area contributed by atoms with Crippen LogP contribution in [0.5, 0.6) is 11.5 Å². The zero-order chi connectivity index (χ0) is 32.0. The quantitative estimate of drug-likeness (QED) is 0.280. The van der Waals surface area contributed by atoms with Crippen LogP contribution < -0.4 is 4.90 Å². The Morgan fingerprint density at radius 3 is 1.45 bits per heavy atom. The van der Waals surface area contributed by atoms with E-state index < -0.39 is 39.0 Å². The van der Waals surface area contributed by atoms with Gasteiger partial charge in [0.25, 0.3) is 0 Å². The van der Waals surface area contributed by atoms with Crippen molar-refractivity contribution in [3.63, 3.8) is 0 Å². The minimum absolute atomic E-state index is 0.0898. The number of aliphatic hydroxyl groups excluding tert-OH is 2. The molecule has 4 N–H and O–H groups in total. The van der Waals surface area contributed by atoms with Gasteiger partial charge >= 0.3 is 0 Å². The molecule has 0 saturated carbocycles. The molecular weight excluding hydrogens is 556 g/mol. The fourth-order valence-electron chi connectivity index (χ4n) is 8.76. The van der Waals surface area contributed by atoms with E-state index in [0.29, 0.717) is 22.3 Å². The number of benzene rings is 1. The molecule has 1 aromatic carbocycles. The number of hydrogen-bond acceptors (Lipinski definition) is 8. The van der Waals surface area contributed by atoms with E-state index in [2.05, 4.69) is 9.80 Å². The number of aliphatic hydroxyl groups is 2. The van der Waals surface area contributed by atoms with Crippen molar-refractivity contribution in [3.05, 3.63) is 56.2 Å². The largest absolute Gasteiger partial charge is 0.507 e. The molecule has 4 heterocycles. The molecule has 0 unspecified atom stereocenters. The first-order chi connectivity index (χ1) is 20.3. The molecule has 8 nitrogen and oxygen atoms in total. The third-order valence-corrected chi connectivity index (χ3v) is 11.6. The zero-order valence-electron chi connectivity index (χ0n) is 27.2. The first kappa shape index (κ1) is 29.1. The monoisotopic (exact) mass is 600 g/mol. The maximum absolute atomic E-state index is 14.3. The Balaban J connectivity index is 1.50. The fraction of sp³-hybridized carbons (Fsp3) is 0.556. The normalized spacial score (nSPS) is 27.8. The fourth-order valence-corrected chi connectivity index (χ4v) is 8.76. The Hall–Kier alpha value is -3.68. The van der Waals surface area contributed by atoms with Crippen LogP contribution >= 0.6 is 0 Å². The molecule has 1 aromatic rings. The summed E-state index contributed by atoms with van der Waals surface area (Å²) in [6, 6.07) is 0. The number of carbonyl (C=O) groups is 2. The first-order valence-corrected chi connectivity index (χ1v) is 15.9. The van der Waals surface area contributed by atoms with Crippen LogP contribution in [0.25, 0.3) is 5.57 Å². The lowest BCUT2D eigenvalue weighted by Crippen LogP contribution is -2.49. The van der Waals surface area contributed by atoms with E-state index in [4.69, 9.17) is 0 Å². The Bertz CT molecular complexity index is 1700. The number of phenolic OH excluding ortho intramolecular Hbond substituents is 2. The lowest BCUT2D eigenvalue weighted by atomic mass is 9.62. The van der Waals surface area contributed by atoms with Gasteiger partial charge in [0.15, 0.2) is 5.78 Å². The molecule has 2 aliphatic carbocycles. The van der Waals surface area contributed by atoms with Gasteiger partial charge < -0.3 is 30.2 Å². The summed E-state index contributed by atoms with van der Waals surface area (Å²) < 4.78 is 0. The maximum atomic E-state index is 14.3. The molecule has 7 rings (SSSR count). The number of carbonyl (C=O) groups excluding carboxylic acids is 2. The van der Waals surface area contributed by atoms with Crippen LogP contribution in [0, 0.1) is 10.8 Å². The van der Waals surface area contributed by atoms with Gasteiger partial charge in [0, 0.05) is 48.5 Å². The standard InChI is InChI=1S/C36H44N2O6/c1-33(2)9-13-37-14-10-34(3,4)22-25(37)21(33)29(41)19(30(22)42)17-27(39)18(28(17)40)20-31(43)23-26-24(32(20)44)36(7,8)12-16-38(26)15-11-35(23,5)6/h39,41-43H,9-16H2,1-8H3. The van der Waals surface area contributed by atoms with Crippen LogP contribution in [0.3, 0.4) is 0 Å². The third kappa shape index (κ3) is 3.45. The highest BCUT2D eigenvalue weighted by Crippen LogP contribution is 2.61. The number of anilines is 1. The summed E-state index contributed by atoms with van der Waals surface area (Å²) in [6.45, 7) is 19.4. The van der Waals surface area contributed by atoms with Gasteiger partial charge in [0.2, 0.25) is 5.78 Å². The minimum Gasteiger partial charge on any atom is -0.507 e. The lowest BCUT2D eigenvalue weighted by Gasteiger charge is -2.51. The molecule has 4 aliphatic heterocycles. The molecule has 234 valence electrons. The summed E-state index contributed by atoms with van der Waals surface area (Å²) in [5.41, 5.74) is 1.52. The summed E-state index contributed by atoms with van der Waals surface area (Å²) in [5.74, 6) is -2.29. The highest BCUT2D eigenvalue weighted by atomic mass is 16.3. The Morgan fingerprint density at radius 1 is 0.523 bits per heavy atom. The number of Topliss-reactive ketones (excluding diaryl/α,β-unsaturated/α-hetero) is 2. The van der Waals surface area contributed by atoms with Gasteiger partial charge in [-0.25, -0.2) is 0 Å². The summed E-state index contributed by atoms with van der Waals surface area (Å²) >= 11 is 0. The third-order valence-electron chi connectivity index (χ3n) is 11.6. The van der Waals surface area contributed by atoms with E-state index in [-0.39, 0.29) is 39.5 Å². The SMILES string of the molecule is CC1(C)CCN2CCC(C)(C)C3=C2C1=C(O)C(=C1C(=O)C(c2c(O)c4c5c(c2O)C(C)(C)CCN5CCC4(C)C)=C1O)C3=O. The van der Waals surface area contributed by atoms with Crippen LogP contribution in [0.2, 0.25) is 0 Å². The summed E-state index contributed by atoms with van der Waals surface area (Å²) in [4.78, 5) is 32.9. The molecular formula is C36H44N2O6. The number of phenols is 2. The van der Waals surface area contributed by atoms with Crippen LogP contribution in [0.15, 0.2) is 39.5 Å². The van der Waals surface area contributed by atoms with Gasteiger partial charge in [-0.1, -0.05) is 55.4 Å². The van der Waals surface area contributed by atoms with E-state index in [1.165, 1.54) is 0 Å². The second kappa shape index (κ2) is 8.52. The molecule has 1 saturated heterocycles. The van der Waals surface area contributed by atoms with Crippen molar-refractivity contribution in [3.8, 4) is 11.5 Å². The molecule has 0 atom stereocenters. The molecule has 0 radical (unpaired) electrons. The number of nitrogens with zero attached hydrogens (tertiary/aromatic N) is 2. The number of allylic oxidation sites excluding steroid dienone is 5. The van der Waals surface area contributed by atoms with E-state index in [9.17, 15) is 30.0 Å². The highest BCUT2D eigenvalue weighted by Gasteiger charge is 2.54. The summed E-state index contributed by atoms with van der Waals surface area (Å²) in [5, 5.41) is 47.1. The lowest BCUT2D eigenvalue weighted by molar-refractivity contribution is -0.115. The molecule has 0 spiro atoms. The van der Waals surface area contributed by atoms with Gasteiger partial charge in [0.05, 0.1) is 33.7 Å². The maximum Gasteiger partial charge on any atom is 0.202 e. The Morgan fingerprint density at radius 2 is 0.955 bits per heavy atom. The van der Waals surface area contributed by atoms with Gasteiger partial charge in [-0.3, -0.25) is 9.59 Å². The van der Waals surface area contributed by atoms with Crippen molar-refractivity contribution >= 4 is 22.8 Å².